The molecule has 0 aromatic heterocycles. The third kappa shape index (κ3) is 3.23. The fourth-order valence-electron chi connectivity index (χ4n) is 3.83. The summed E-state index contributed by atoms with van der Waals surface area (Å²) in [6, 6.07) is -0.0760. The molecule has 2 N–H and O–H groups in total. The highest BCUT2D eigenvalue weighted by Crippen LogP contribution is 2.34. The summed E-state index contributed by atoms with van der Waals surface area (Å²) in [5, 5.41) is 20.2. The largest absolute Gasteiger partial charge is 0.459 e. The van der Waals surface area contributed by atoms with Crippen LogP contribution in [0.5, 0.6) is 0 Å². The molecule has 0 bridgehead atoms. The topological polar surface area (TPSA) is 96.3 Å². The molecule has 0 spiro atoms. The van der Waals surface area contributed by atoms with Crippen LogP contribution in [0, 0.1) is 5.92 Å². The van der Waals surface area contributed by atoms with Gasteiger partial charge in [0.15, 0.2) is 5.60 Å². The molecule has 0 radical (unpaired) electrons. The van der Waals surface area contributed by atoms with Crippen molar-refractivity contribution in [2.24, 2.45) is 5.92 Å². The highest BCUT2D eigenvalue weighted by atomic mass is 16.6. The van der Waals surface area contributed by atoms with Crippen molar-refractivity contribution in [1.82, 2.24) is 4.90 Å². The molecule has 4 unspecified atom stereocenters. The highest BCUT2D eigenvalue weighted by Gasteiger charge is 2.46. The van der Waals surface area contributed by atoms with Gasteiger partial charge in [0.25, 0.3) is 0 Å². The third-order valence-corrected chi connectivity index (χ3v) is 5.55. The van der Waals surface area contributed by atoms with Crippen LogP contribution in [-0.2, 0) is 19.1 Å². The lowest BCUT2D eigenvalue weighted by Gasteiger charge is -2.32. The lowest BCUT2D eigenvalue weighted by Crippen LogP contribution is -2.47. The van der Waals surface area contributed by atoms with Gasteiger partial charge in [-0.25, -0.2) is 9.59 Å². The van der Waals surface area contributed by atoms with E-state index in [1.165, 1.54) is 6.92 Å². The molecular weight excluding hydrogens is 326 g/mol. The van der Waals surface area contributed by atoms with Crippen LogP contribution in [0.25, 0.3) is 0 Å². The van der Waals surface area contributed by atoms with Gasteiger partial charge in [0.1, 0.15) is 12.7 Å². The number of allylic oxidation sites excluding steroid dienone is 1. The molecule has 7 nitrogen and oxygen atoms in total. The quantitative estimate of drug-likeness (QED) is 0.395. The van der Waals surface area contributed by atoms with Crippen molar-refractivity contribution in [3.63, 3.8) is 0 Å². The van der Waals surface area contributed by atoms with Gasteiger partial charge in [-0.3, -0.25) is 4.90 Å². The van der Waals surface area contributed by atoms with E-state index in [-0.39, 0.29) is 25.2 Å². The van der Waals surface area contributed by atoms with Gasteiger partial charge in [-0.1, -0.05) is 12.2 Å². The molecule has 7 heteroatoms. The molecule has 0 amide bonds. The SMILES string of the molecule is CC=C1CC(CO)C(C)(O)C(=O)OCC2=CCN3CCC(OC1=O)C23. The summed E-state index contributed by atoms with van der Waals surface area (Å²) < 4.78 is 11.1. The highest BCUT2D eigenvalue weighted by molar-refractivity contribution is 5.89. The maximum Gasteiger partial charge on any atom is 0.338 e. The van der Waals surface area contributed by atoms with Crippen molar-refractivity contribution in [3.05, 3.63) is 23.3 Å². The number of hydrogen-bond acceptors (Lipinski definition) is 7. The maximum atomic E-state index is 12.6. The van der Waals surface area contributed by atoms with E-state index in [1.54, 1.807) is 13.0 Å². The number of cyclic esters (lactones) is 1. The van der Waals surface area contributed by atoms with Gasteiger partial charge in [-0.05, 0) is 32.3 Å². The molecule has 2 saturated heterocycles. The number of aliphatic hydroxyl groups is 2. The van der Waals surface area contributed by atoms with Crippen LogP contribution in [0.2, 0.25) is 0 Å². The molecule has 0 aromatic rings. The van der Waals surface area contributed by atoms with Crippen molar-refractivity contribution < 1.29 is 29.3 Å². The Morgan fingerprint density at radius 2 is 2.20 bits per heavy atom. The number of aliphatic hydroxyl groups excluding tert-OH is 1. The molecule has 0 aromatic carbocycles. The molecule has 3 aliphatic rings. The van der Waals surface area contributed by atoms with Gasteiger partial charge in [0.2, 0.25) is 0 Å². The zero-order valence-corrected chi connectivity index (χ0v) is 14.6. The van der Waals surface area contributed by atoms with Gasteiger partial charge in [0.05, 0.1) is 6.04 Å². The van der Waals surface area contributed by atoms with E-state index in [0.717, 1.165) is 25.1 Å². The first-order chi connectivity index (χ1) is 11.9. The first-order valence-corrected chi connectivity index (χ1v) is 8.68. The van der Waals surface area contributed by atoms with Crippen LogP contribution in [0.3, 0.4) is 0 Å². The molecule has 138 valence electrons. The maximum absolute atomic E-state index is 12.6. The predicted molar refractivity (Wildman–Crippen MR) is 88.5 cm³/mol. The summed E-state index contributed by atoms with van der Waals surface area (Å²) in [6.07, 6.45) is 4.09. The number of esters is 2. The fraction of sp³-hybridized carbons (Fsp3) is 0.667. The number of nitrogens with zero attached hydrogens (tertiary/aromatic N) is 1. The Hall–Kier alpha value is -1.70. The minimum Gasteiger partial charge on any atom is -0.459 e. The summed E-state index contributed by atoms with van der Waals surface area (Å²) in [7, 11) is 0. The summed E-state index contributed by atoms with van der Waals surface area (Å²) in [5.74, 6) is -2.10. The first kappa shape index (κ1) is 18.1. The Balaban J connectivity index is 1.92. The number of carbonyl (C=O) groups is 2. The fourth-order valence-corrected chi connectivity index (χ4v) is 3.83. The van der Waals surface area contributed by atoms with E-state index in [2.05, 4.69) is 4.90 Å². The van der Waals surface area contributed by atoms with E-state index >= 15 is 0 Å². The third-order valence-electron chi connectivity index (χ3n) is 5.55. The minimum absolute atomic E-state index is 0.0394. The molecular formula is C18H25NO6. The van der Waals surface area contributed by atoms with E-state index in [0.29, 0.717) is 5.57 Å². The van der Waals surface area contributed by atoms with E-state index < -0.39 is 30.1 Å². The minimum atomic E-state index is -1.89. The predicted octanol–water partition coefficient (Wildman–Crippen LogP) is 0.165. The van der Waals surface area contributed by atoms with Gasteiger partial charge < -0.3 is 19.7 Å². The van der Waals surface area contributed by atoms with Crippen LogP contribution in [-0.4, -0.2) is 71.1 Å². The average molecular weight is 351 g/mol. The van der Waals surface area contributed by atoms with Crippen LogP contribution in [0.15, 0.2) is 23.3 Å². The second kappa shape index (κ2) is 6.90. The average Bonchev–Trinajstić information content (AvgIpc) is 3.15. The van der Waals surface area contributed by atoms with Crippen LogP contribution < -0.4 is 0 Å². The van der Waals surface area contributed by atoms with E-state index in [9.17, 15) is 19.8 Å². The van der Waals surface area contributed by atoms with Crippen molar-refractivity contribution >= 4 is 11.9 Å². The Labute approximate surface area is 146 Å². The van der Waals surface area contributed by atoms with Gasteiger partial charge in [0, 0.05) is 31.2 Å². The van der Waals surface area contributed by atoms with Gasteiger partial charge in [-0.15, -0.1) is 0 Å². The van der Waals surface area contributed by atoms with E-state index in [4.69, 9.17) is 9.47 Å². The summed E-state index contributed by atoms with van der Waals surface area (Å²) in [5.41, 5.74) is -0.659. The second-order valence-corrected chi connectivity index (χ2v) is 7.07. The Morgan fingerprint density at radius 3 is 2.88 bits per heavy atom. The summed E-state index contributed by atoms with van der Waals surface area (Å²) in [6.45, 7) is 4.17. The number of hydrogen-bond donors (Lipinski definition) is 2. The normalized spacial score (nSPS) is 38.5. The van der Waals surface area contributed by atoms with Gasteiger partial charge >= 0.3 is 11.9 Å². The number of rotatable bonds is 1. The number of ether oxygens (including phenoxy) is 2. The standard InChI is InChI=1S/C18H25NO6/c1-3-11-8-13(9-20)18(2,23)17(22)24-10-12-4-6-19-7-5-14(15(12)19)25-16(11)21/h3-4,13-15,20,23H,5-10H2,1-2H3. The molecule has 3 aliphatic heterocycles. The van der Waals surface area contributed by atoms with Crippen molar-refractivity contribution in [3.8, 4) is 0 Å². The molecule has 0 saturated carbocycles. The van der Waals surface area contributed by atoms with Crippen LogP contribution >= 0.6 is 0 Å². The molecule has 3 rings (SSSR count). The summed E-state index contributed by atoms with van der Waals surface area (Å²) >= 11 is 0. The van der Waals surface area contributed by atoms with Crippen LogP contribution in [0.4, 0.5) is 0 Å². The Bertz CT molecular complexity index is 623. The van der Waals surface area contributed by atoms with Crippen LogP contribution in [0.1, 0.15) is 26.7 Å². The summed E-state index contributed by atoms with van der Waals surface area (Å²) in [4.78, 5) is 27.2. The molecule has 25 heavy (non-hydrogen) atoms. The zero-order valence-electron chi connectivity index (χ0n) is 14.6. The smallest absolute Gasteiger partial charge is 0.338 e. The Morgan fingerprint density at radius 1 is 1.44 bits per heavy atom. The first-order valence-electron chi connectivity index (χ1n) is 8.68. The monoisotopic (exact) mass is 351 g/mol. The number of carbonyl (C=O) groups excluding carboxylic acids is 2. The molecule has 2 fully saturated rings. The molecule has 4 atom stereocenters. The Kier molecular flexibility index (Phi) is 4.99. The lowest BCUT2D eigenvalue weighted by atomic mass is 9.84. The van der Waals surface area contributed by atoms with E-state index in [1.807, 2.05) is 6.08 Å². The van der Waals surface area contributed by atoms with Crippen molar-refractivity contribution in [1.29, 1.82) is 0 Å². The van der Waals surface area contributed by atoms with Crippen molar-refractivity contribution in [2.45, 2.75) is 44.4 Å². The van der Waals surface area contributed by atoms with Gasteiger partial charge in [-0.2, -0.15) is 0 Å². The molecule has 3 heterocycles. The lowest BCUT2D eigenvalue weighted by molar-refractivity contribution is -0.171. The molecule has 0 aliphatic carbocycles. The second-order valence-electron chi connectivity index (χ2n) is 7.07. The zero-order chi connectivity index (χ0) is 18.2. The van der Waals surface area contributed by atoms with Crippen molar-refractivity contribution in [2.75, 3.05) is 26.3 Å².